The molecular formula is C14H15ClF3NO3. The van der Waals surface area contributed by atoms with E-state index < -0.39 is 18.7 Å². The van der Waals surface area contributed by atoms with Gasteiger partial charge in [0.2, 0.25) is 5.91 Å². The molecule has 1 saturated carbocycles. The molecule has 0 saturated heterocycles. The van der Waals surface area contributed by atoms with Gasteiger partial charge in [0.15, 0.2) is 6.61 Å². The molecule has 1 N–H and O–H groups in total. The third-order valence-electron chi connectivity index (χ3n) is 2.89. The van der Waals surface area contributed by atoms with E-state index in [1.165, 1.54) is 18.2 Å². The first kappa shape index (κ1) is 16.9. The highest BCUT2D eigenvalue weighted by Gasteiger charge is 2.29. The van der Waals surface area contributed by atoms with Crippen LogP contribution in [0.15, 0.2) is 18.2 Å². The Morgan fingerprint density at radius 3 is 2.73 bits per heavy atom. The van der Waals surface area contributed by atoms with Gasteiger partial charge >= 0.3 is 6.18 Å². The van der Waals surface area contributed by atoms with Gasteiger partial charge in [-0.2, -0.15) is 13.2 Å². The molecule has 0 spiro atoms. The second-order valence-corrected chi connectivity index (χ2v) is 5.49. The van der Waals surface area contributed by atoms with Crippen molar-refractivity contribution in [2.75, 3.05) is 25.1 Å². The number of carbonyl (C=O) groups excluding carboxylic acids is 1. The van der Waals surface area contributed by atoms with Crippen LogP contribution in [0.4, 0.5) is 18.9 Å². The molecular weight excluding hydrogens is 323 g/mol. The summed E-state index contributed by atoms with van der Waals surface area (Å²) in [6.45, 7) is -1.10. The van der Waals surface area contributed by atoms with Crippen LogP contribution in [0.3, 0.4) is 0 Å². The van der Waals surface area contributed by atoms with E-state index in [-0.39, 0.29) is 23.1 Å². The Kier molecular flexibility index (Phi) is 5.52. The lowest BCUT2D eigenvalue weighted by molar-refractivity contribution is -0.153. The van der Waals surface area contributed by atoms with Crippen molar-refractivity contribution in [1.29, 1.82) is 0 Å². The first-order valence-electron chi connectivity index (χ1n) is 6.70. The summed E-state index contributed by atoms with van der Waals surface area (Å²) in [5.41, 5.74) is 0.119. The summed E-state index contributed by atoms with van der Waals surface area (Å²) in [7, 11) is 0. The molecule has 22 heavy (non-hydrogen) atoms. The maximum Gasteiger partial charge on any atom is 0.422 e. The number of ether oxygens (including phenoxy) is 2. The van der Waals surface area contributed by atoms with Crippen molar-refractivity contribution in [2.45, 2.75) is 19.0 Å². The molecule has 0 unspecified atom stereocenters. The molecule has 0 radical (unpaired) electrons. The fourth-order valence-corrected chi connectivity index (χ4v) is 1.83. The van der Waals surface area contributed by atoms with E-state index in [2.05, 4.69) is 10.1 Å². The Morgan fingerprint density at radius 2 is 2.09 bits per heavy atom. The van der Waals surface area contributed by atoms with Gasteiger partial charge in [-0.1, -0.05) is 11.6 Å². The summed E-state index contributed by atoms with van der Waals surface area (Å²) in [6, 6.07) is 4.05. The minimum absolute atomic E-state index is 0.119. The normalized spacial score (nSPS) is 14.7. The maximum absolute atomic E-state index is 12.2. The maximum atomic E-state index is 12.2. The number of benzene rings is 1. The van der Waals surface area contributed by atoms with Crippen molar-refractivity contribution in [3.63, 3.8) is 0 Å². The van der Waals surface area contributed by atoms with E-state index >= 15 is 0 Å². The van der Waals surface area contributed by atoms with Crippen LogP contribution in [0.5, 0.6) is 5.75 Å². The minimum atomic E-state index is -4.48. The zero-order valence-electron chi connectivity index (χ0n) is 11.6. The number of amides is 1. The predicted molar refractivity (Wildman–Crippen MR) is 75.2 cm³/mol. The fraction of sp³-hybridized carbons (Fsp3) is 0.500. The van der Waals surface area contributed by atoms with Gasteiger partial charge in [0.1, 0.15) is 12.4 Å². The molecule has 1 aromatic rings. The van der Waals surface area contributed by atoms with Gasteiger partial charge in [-0.05, 0) is 30.9 Å². The van der Waals surface area contributed by atoms with Crippen LogP contribution >= 0.6 is 11.6 Å². The van der Waals surface area contributed by atoms with Crippen LogP contribution in [0.2, 0.25) is 5.02 Å². The Bertz CT molecular complexity index is 533. The van der Waals surface area contributed by atoms with Gasteiger partial charge in [0.05, 0.1) is 12.3 Å². The summed E-state index contributed by atoms with van der Waals surface area (Å²) in [5, 5.41) is 2.66. The second-order valence-electron chi connectivity index (χ2n) is 5.05. The van der Waals surface area contributed by atoms with E-state index in [9.17, 15) is 18.0 Å². The average Bonchev–Trinajstić information content (AvgIpc) is 3.22. The summed E-state index contributed by atoms with van der Waals surface area (Å²) in [4.78, 5) is 11.7. The zero-order chi connectivity index (χ0) is 16.2. The number of carbonyl (C=O) groups is 1. The Hall–Kier alpha value is -1.47. The van der Waals surface area contributed by atoms with Gasteiger partial charge in [-0.15, -0.1) is 0 Å². The van der Waals surface area contributed by atoms with Crippen molar-refractivity contribution < 1.29 is 27.4 Å². The quantitative estimate of drug-likeness (QED) is 0.826. The predicted octanol–water partition coefficient (Wildman–Crippen LogP) is 3.65. The lowest BCUT2D eigenvalue weighted by atomic mass is 10.3. The van der Waals surface area contributed by atoms with Crippen molar-refractivity contribution in [3.8, 4) is 5.75 Å². The molecule has 0 heterocycles. The highest BCUT2D eigenvalue weighted by atomic mass is 35.5. The smallest absolute Gasteiger partial charge is 0.422 e. The van der Waals surface area contributed by atoms with Crippen LogP contribution < -0.4 is 10.1 Å². The molecule has 4 nitrogen and oxygen atoms in total. The zero-order valence-corrected chi connectivity index (χ0v) is 12.3. The highest BCUT2D eigenvalue weighted by molar-refractivity contribution is 6.30. The molecule has 2 rings (SSSR count). The molecule has 8 heteroatoms. The van der Waals surface area contributed by atoms with Crippen LogP contribution in [0.25, 0.3) is 0 Å². The first-order chi connectivity index (χ1) is 10.3. The van der Waals surface area contributed by atoms with E-state index in [1.54, 1.807) is 0 Å². The number of alkyl halides is 3. The van der Waals surface area contributed by atoms with Crippen LogP contribution in [-0.2, 0) is 9.53 Å². The van der Waals surface area contributed by atoms with Crippen molar-refractivity contribution in [1.82, 2.24) is 0 Å². The molecule has 1 aliphatic rings. The van der Waals surface area contributed by atoms with E-state index in [0.29, 0.717) is 12.5 Å². The lowest BCUT2D eigenvalue weighted by Gasteiger charge is -2.14. The molecule has 1 aromatic carbocycles. The van der Waals surface area contributed by atoms with Gasteiger partial charge in [-0.3, -0.25) is 4.79 Å². The minimum Gasteiger partial charge on any atom is -0.482 e. The SMILES string of the molecule is O=C(COCC1CC1)Nc1ccc(Cl)cc1OCC(F)(F)F. The largest absolute Gasteiger partial charge is 0.482 e. The van der Waals surface area contributed by atoms with Crippen molar-refractivity contribution >= 4 is 23.2 Å². The Labute approximate surface area is 130 Å². The summed E-state index contributed by atoms with van der Waals surface area (Å²) < 4.78 is 46.5. The third kappa shape index (κ3) is 6.11. The van der Waals surface area contributed by atoms with Crippen molar-refractivity contribution in [3.05, 3.63) is 23.2 Å². The van der Waals surface area contributed by atoms with Gasteiger partial charge < -0.3 is 14.8 Å². The molecule has 1 fully saturated rings. The standard InChI is InChI=1S/C14H15ClF3NO3/c15-10-3-4-11(12(5-10)22-8-14(16,17)18)19-13(20)7-21-6-9-1-2-9/h3-5,9H,1-2,6-8H2,(H,19,20). The highest BCUT2D eigenvalue weighted by Crippen LogP contribution is 2.30. The molecule has 1 amide bonds. The van der Waals surface area contributed by atoms with Gasteiger partial charge in [-0.25, -0.2) is 0 Å². The fourth-order valence-electron chi connectivity index (χ4n) is 1.67. The number of hydrogen-bond acceptors (Lipinski definition) is 3. The molecule has 0 atom stereocenters. The number of nitrogens with one attached hydrogen (secondary N) is 1. The summed E-state index contributed by atoms with van der Waals surface area (Å²) in [5.74, 6) is -0.0748. The summed E-state index contributed by atoms with van der Waals surface area (Å²) >= 11 is 5.73. The number of anilines is 1. The Morgan fingerprint density at radius 1 is 1.36 bits per heavy atom. The molecule has 0 aliphatic heterocycles. The Balaban J connectivity index is 1.91. The van der Waals surface area contributed by atoms with Crippen molar-refractivity contribution in [2.24, 2.45) is 5.92 Å². The molecule has 122 valence electrons. The van der Waals surface area contributed by atoms with Crippen LogP contribution in [-0.4, -0.2) is 31.9 Å². The van der Waals surface area contributed by atoms with Crippen LogP contribution in [0, 0.1) is 5.92 Å². The number of hydrogen-bond donors (Lipinski definition) is 1. The third-order valence-corrected chi connectivity index (χ3v) is 3.13. The van der Waals surface area contributed by atoms with E-state index in [4.69, 9.17) is 16.3 Å². The van der Waals surface area contributed by atoms with Crippen LogP contribution in [0.1, 0.15) is 12.8 Å². The second kappa shape index (κ2) is 7.19. The van der Waals surface area contributed by atoms with Gasteiger partial charge in [0, 0.05) is 11.1 Å². The average molecular weight is 338 g/mol. The summed E-state index contributed by atoms with van der Waals surface area (Å²) in [6.07, 6.45) is -2.26. The topological polar surface area (TPSA) is 47.6 Å². The lowest BCUT2D eigenvalue weighted by Crippen LogP contribution is -2.22. The molecule has 0 aromatic heterocycles. The first-order valence-corrected chi connectivity index (χ1v) is 7.08. The molecule has 1 aliphatic carbocycles. The molecule has 0 bridgehead atoms. The van der Waals surface area contributed by atoms with E-state index in [0.717, 1.165) is 12.8 Å². The van der Waals surface area contributed by atoms with Gasteiger partial charge in [0.25, 0.3) is 0 Å². The number of halogens is 4. The van der Waals surface area contributed by atoms with E-state index in [1.807, 2.05) is 0 Å². The number of rotatable bonds is 7. The monoisotopic (exact) mass is 337 g/mol.